The second kappa shape index (κ2) is 9.46. The van der Waals surface area contributed by atoms with E-state index in [1.54, 1.807) is 18.2 Å². The van der Waals surface area contributed by atoms with Crippen LogP contribution < -0.4 is 10.6 Å². The van der Waals surface area contributed by atoms with Gasteiger partial charge in [0.25, 0.3) is 0 Å². The van der Waals surface area contributed by atoms with Gasteiger partial charge in [0.15, 0.2) is 0 Å². The molecule has 0 radical (unpaired) electrons. The number of benzene rings is 1. The zero-order valence-electron chi connectivity index (χ0n) is 17.2. The number of halogens is 1. The Morgan fingerprint density at radius 2 is 1.86 bits per heavy atom. The summed E-state index contributed by atoms with van der Waals surface area (Å²) in [7, 11) is 0. The zero-order chi connectivity index (χ0) is 21.0. The molecule has 0 atom stereocenters. The molecule has 1 saturated heterocycles. The van der Waals surface area contributed by atoms with Gasteiger partial charge in [0.2, 0.25) is 0 Å². The molecular weight excluding hydrogens is 390 g/mol. The van der Waals surface area contributed by atoms with Crippen LogP contribution in [-0.2, 0) is 16.1 Å². The second-order valence-corrected chi connectivity index (χ2v) is 8.22. The maximum absolute atomic E-state index is 12.2. The van der Waals surface area contributed by atoms with Gasteiger partial charge in [-0.2, -0.15) is 0 Å². The fourth-order valence-electron chi connectivity index (χ4n) is 3.66. The molecule has 0 spiro atoms. The maximum atomic E-state index is 12.2. The molecule has 0 saturated carbocycles. The molecule has 2 amide bonds. The lowest BCUT2D eigenvalue weighted by atomic mass is 9.96. The van der Waals surface area contributed by atoms with E-state index in [1.807, 2.05) is 20.8 Å². The molecule has 6 nitrogen and oxygen atoms in total. The Morgan fingerprint density at radius 3 is 2.52 bits per heavy atom. The Labute approximate surface area is 176 Å². The highest BCUT2D eigenvalue weighted by Crippen LogP contribution is 2.22. The Hall–Kier alpha value is -2.31. The standard InChI is InChI=1S/C22H28ClN3O3/c1-14-4-5-19(23)11-20(14)25-22(28)21(27)24-12-17-6-8-26(9-7-17)13-18-10-15(2)29-16(18)3/h4-5,10-11,17H,6-9,12-13H2,1-3H3,(H,24,27)(H,25,28). The summed E-state index contributed by atoms with van der Waals surface area (Å²) >= 11 is 5.95. The number of hydrogen-bond acceptors (Lipinski definition) is 4. The van der Waals surface area contributed by atoms with E-state index in [1.165, 1.54) is 5.56 Å². The maximum Gasteiger partial charge on any atom is 0.313 e. The molecule has 156 valence electrons. The molecule has 3 rings (SSSR count). The van der Waals surface area contributed by atoms with Crippen molar-refractivity contribution in [2.24, 2.45) is 5.92 Å². The van der Waals surface area contributed by atoms with E-state index in [0.29, 0.717) is 23.2 Å². The average Bonchev–Trinajstić information content (AvgIpc) is 3.00. The van der Waals surface area contributed by atoms with Crippen LogP contribution >= 0.6 is 11.6 Å². The van der Waals surface area contributed by atoms with Crippen molar-refractivity contribution in [3.63, 3.8) is 0 Å². The Bertz CT molecular complexity index is 885. The van der Waals surface area contributed by atoms with Gasteiger partial charge < -0.3 is 15.1 Å². The first kappa shape index (κ1) is 21.4. The number of carbonyl (C=O) groups excluding carboxylic acids is 2. The van der Waals surface area contributed by atoms with Crippen LogP contribution in [0.3, 0.4) is 0 Å². The number of amides is 2. The first-order valence-corrected chi connectivity index (χ1v) is 10.3. The monoisotopic (exact) mass is 417 g/mol. The van der Waals surface area contributed by atoms with Crippen molar-refractivity contribution in [3.05, 3.63) is 51.9 Å². The topological polar surface area (TPSA) is 74.6 Å². The molecule has 1 aromatic heterocycles. The highest BCUT2D eigenvalue weighted by Gasteiger charge is 2.22. The molecule has 7 heteroatoms. The number of hydrogen-bond donors (Lipinski definition) is 2. The first-order chi connectivity index (χ1) is 13.8. The van der Waals surface area contributed by atoms with Crippen molar-refractivity contribution in [2.75, 3.05) is 25.0 Å². The minimum atomic E-state index is -0.668. The van der Waals surface area contributed by atoms with Crippen LogP contribution in [-0.4, -0.2) is 36.3 Å². The number of likely N-dealkylation sites (tertiary alicyclic amines) is 1. The van der Waals surface area contributed by atoms with Gasteiger partial charge in [-0.3, -0.25) is 14.5 Å². The summed E-state index contributed by atoms with van der Waals surface area (Å²) in [5.74, 6) is 1.03. The van der Waals surface area contributed by atoms with Crippen molar-refractivity contribution >= 4 is 29.1 Å². The molecule has 2 aromatic rings. The van der Waals surface area contributed by atoms with Crippen molar-refractivity contribution in [1.29, 1.82) is 0 Å². The SMILES string of the molecule is Cc1cc(CN2CCC(CNC(=O)C(=O)Nc3cc(Cl)ccc3C)CC2)c(C)o1. The lowest BCUT2D eigenvalue weighted by Gasteiger charge is -2.31. The number of piperidine rings is 1. The summed E-state index contributed by atoms with van der Waals surface area (Å²) < 4.78 is 5.60. The van der Waals surface area contributed by atoms with Crippen LogP contribution in [0.4, 0.5) is 5.69 Å². The molecule has 2 N–H and O–H groups in total. The third-order valence-electron chi connectivity index (χ3n) is 5.45. The third kappa shape index (κ3) is 5.84. The third-order valence-corrected chi connectivity index (χ3v) is 5.69. The number of furan rings is 1. The molecule has 2 heterocycles. The highest BCUT2D eigenvalue weighted by molar-refractivity contribution is 6.40. The number of rotatable bonds is 5. The Kier molecular flexibility index (Phi) is 6.98. The first-order valence-electron chi connectivity index (χ1n) is 9.95. The van der Waals surface area contributed by atoms with Gasteiger partial charge >= 0.3 is 11.8 Å². The molecular formula is C22H28ClN3O3. The lowest BCUT2D eigenvalue weighted by molar-refractivity contribution is -0.136. The van der Waals surface area contributed by atoms with E-state index in [9.17, 15) is 9.59 Å². The minimum absolute atomic E-state index is 0.378. The van der Waals surface area contributed by atoms with Gasteiger partial charge in [0.1, 0.15) is 11.5 Å². The summed E-state index contributed by atoms with van der Waals surface area (Å²) in [5.41, 5.74) is 2.64. The summed E-state index contributed by atoms with van der Waals surface area (Å²) in [6.45, 7) is 9.16. The number of anilines is 1. The van der Waals surface area contributed by atoms with Gasteiger partial charge in [-0.15, -0.1) is 0 Å². The predicted molar refractivity (Wildman–Crippen MR) is 114 cm³/mol. The zero-order valence-corrected chi connectivity index (χ0v) is 17.9. The predicted octanol–water partition coefficient (Wildman–Crippen LogP) is 3.83. The van der Waals surface area contributed by atoms with E-state index < -0.39 is 11.8 Å². The molecule has 1 aromatic carbocycles. The number of nitrogens with one attached hydrogen (secondary N) is 2. The molecule has 1 fully saturated rings. The molecule has 0 unspecified atom stereocenters. The van der Waals surface area contributed by atoms with Gasteiger partial charge in [-0.1, -0.05) is 17.7 Å². The molecule has 1 aliphatic rings. The van der Waals surface area contributed by atoms with Crippen LogP contribution in [0.5, 0.6) is 0 Å². The van der Waals surface area contributed by atoms with Gasteiger partial charge in [-0.05, 0) is 76.4 Å². The normalized spacial score (nSPS) is 15.3. The molecule has 1 aliphatic heterocycles. The van der Waals surface area contributed by atoms with Crippen molar-refractivity contribution in [1.82, 2.24) is 10.2 Å². The van der Waals surface area contributed by atoms with Crippen molar-refractivity contribution in [2.45, 2.75) is 40.2 Å². The van der Waals surface area contributed by atoms with Crippen LogP contribution in [0.2, 0.25) is 5.02 Å². The lowest BCUT2D eigenvalue weighted by Crippen LogP contribution is -2.41. The van der Waals surface area contributed by atoms with Crippen LogP contribution in [0, 0.1) is 26.7 Å². The van der Waals surface area contributed by atoms with Crippen LogP contribution in [0.15, 0.2) is 28.7 Å². The summed E-state index contributed by atoms with van der Waals surface area (Å²) in [6, 6.07) is 7.28. The highest BCUT2D eigenvalue weighted by atomic mass is 35.5. The summed E-state index contributed by atoms with van der Waals surface area (Å²) in [6.07, 6.45) is 1.98. The van der Waals surface area contributed by atoms with E-state index in [2.05, 4.69) is 21.6 Å². The average molecular weight is 418 g/mol. The fraction of sp³-hybridized carbons (Fsp3) is 0.455. The number of nitrogens with zero attached hydrogens (tertiary/aromatic N) is 1. The van der Waals surface area contributed by atoms with E-state index in [0.717, 1.165) is 49.6 Å². The van der Waals surface area contributed by atoms with E-state index in [-0.39, 0.29) is 0 Å². The Balaban J connectivity index is 1.41. The quantitative estimate of drug-likeness (QED) is 0.725. The smallest absolute Gasteiger partial charge is 0.313 e. The number of carbonyl (C=O) groups is 2. The van der Waals surface area contributed by atoms with Gasteiger partial charge in [-0.25, -0.2) is 0 Å². The number of aryl methyl sites for hydroxylation is 3. The van der Waals surface area contributed by atoms with Crippen molar-refractivity contribution in [3.8, 4) is 0 Å². The fourth-order valence-corrected chi connectivity index (χ4v) is 3.83. The van der Waals surface area contributed by atoms with E-state index in [4.69, 9.17) is 16.0 Å². The molecule has 29 heavy (non-hydrogen) atoms. The summed E-state index contributed by atoms with van der Waals surface area (Å²) in [5, 5.41) is 5.91. The summed E-state index contributed by atoms with van der Waals surface area (Å²) in [4.78, 5) is 26.7. The van der Waals surface area contributed by atoms with Crippen molar-refractivity contribution < 1.29 is 14.0 Å². The molecule has 0 aliphatic carbocycles. The second-order valence-electron chi connectivity index (χ2n) is 7.78. The van der Waals surface area contributed by atoms with Gasteiger partial charge in [0, 0.05) is 29.4 Å². The minimum Gasteiger partial charge on any atom is -0.466 e. The Morgan fingerprint density at radius 1 is 1.14 bits per heavy atom. The largest absolute Gasteiger partial charge is 0.466 e. The van der Waals surface area contributed by atoms with Gasteiger partial charge in [0.05, 0.1) is 0 Å². The van der Waals surface area contributed by atoms with Crippen LogP contribution in [0.25, 0.3) is 0 Å². The molecule has 0 bridgehead atoms. The van der Waals surface area contributed by atoms with E-state index >= 15 is 0 Å². The van der Waals surface area contributed by atoms with Crippen LogP contribution in [0.1, 0.15) is 35.5 Å².